The molecule has 1 rings (SSSR count). The molecule has 0 aliphatic rings. The van der Waals surface area contributed by atoms with Crippen molar-refractivity contribution in [2.24, 2.45) is 0 Å². The Labute approximate surface area is 111 Å². The number of rotatable bonds is 7. The van der Waals surface area contributed by atoms with Crippen LogP contribution in [0.15, 0.2) is 22.7 Å². The SMILES string of the molecule is CCCNC(COCC)c1cccc(F)c1Br. The third-order valence-corrected chi connectivity index (χ3v) is 3.32. The van der Waals surface area contributed by atoms with Gasteiger partial charge < -0.3 is 10.1 Å². The van der Waals surface area contributed by atoms with Crippen LogP contribution in [-0.2, 0) is 4.74 Å². The molecule has 0 saturated carbocycles. The molecule has 0 amide bonds. The Morgan fingerprint density at radius 3 is 2.82 bits per heavy atom. The molecular weight excluding hydrogens is 285 g/mol. The van der Waals surface area contributed by atoms with E-state index in [0.29, 0.717) is 17.7 Å². The quantitative estimate of drug-likeness (QED) is 0.830. The number of halogens is 2. The molecule has 0 bridgehead atoms. The Bertz CT molecular complexity index is 338. The van der Waals surface area contributed by atoms with Crippen molar-refractivity contribution in [2.45, 2.75) is 26.3 Å². The molecule has 0 aliphatic carbocycles. The molecule has 17 heavy (non-hydrogen) atoms. The monoisotopic (exact) mass is 303 g/mol. The molecule has 0 saturated heterocycles. The minimum absolute atomic E-state index is 0.0278. The van der Waals surface area contributed by atoms with Gasteiger partial charge in [-0.05, 0) is 47.4 Å². The average molecular weight is 304 g/mol. The Morgan fingerprint density at radius 1 is 1.41 bits per heavy atom. The molecule has 1 aromatic rings. The molecule has 0 heterocycles. The lowest BCUT2D eigenvalue weighted by Crippen LogP contribution is -2.26. The van der Waals surface area contributed by atoms with Crippen LogP contribution in [0.1, 0.15) is 31.9 Å². The van der Waals surface area contributed by atoms with Crippen LogP contribution in [0, 0.1) is 5.82 Å². The summed E-state index contributed by atoms with van der Waals surface area (Å²) in [5.74, 6) is -0.234. The zero-order valence-electron chi connectivity index (χ0n) is 10.3. The molecule has 0 fully saturated rings. The van der Waals surface area contributed by atoms with Gasteiger partial charge in [-0.15, -0.1) is 0 Å². The Balaban J connectivity index is 2.83. The van der Waals surface area contributed by atoms with Crippen molar-refractivity contribution in [3.05, 3.63) is 34.1 Å². The van der Waals surface area contributed by atoms with E-state index in [1.807, 2.05) is 13.0 Å². The van der Waals surface area contributed by atoms with E-state index in [0.717, 1.165) is 18.5 Å². The lowest BCUT2D eigenvalue weighted by atomic mass is 10.1. The van der Waals surface area contributed by atoms with Crippen molar-refractivity contribution in [3.63, 3.8) is 0 Å². The second-order valence-corrected chi connectivity index (χ2v) is 4.60. The van der Waals surface area contributed by atoms with Crippen LogP contribution in [0.3, 0.4) is 0 Å². The van der Waals surface area contributed by atoms with Crippen LogP contribution in [0.25, 0.3) is 0 Å². The molecule has 1 atom stereocenters. The maximum atomic E-state index is 13.5. The van der Waals surface area contributed by atoms with Gasteiger partial charge in [-0.3, -0.25) is 0 Å². The van der Waals surface area contributed by atoms with Gasteiger partial charge in [-0.25, -0.2) is 4.39 Å². The van der Waals surface area contributed by atoms with Gasteiger partial charge in [0.25, 0.3) is 0 Å². The van der Waals surface area contributed by atoms with Crippen LogP contribution in [0.5, 0.6) is 0 Å². The predicted molar refractivity (Wildman–Crippen MR) is 71.6 cm³/mol. The normalized spacial score (nSPS) is 12.7. The minimum Gasteiger partial charge on any atom is -0.380 e. The fourth-order valence-electron chi connectivity index (χ4n) is 1.60. The fraction of sp³-hybridized carbons (Fsp3) is 0.538. The van der Waals surface area contributed by atoms with E-state index in [2.05, 4.69) is 28.2 Å². The van der Waals surface area contributed by atoms with E-state index in [1.165, 1.54) is 6.07 Å². The molecule has 1 aromatic carbocycles. The molecule has 0 radical (unpaired) electrons. The topological polar surface area (TPSA) is 21.3 Å². The van der Waals surface area contributed by atoms with Crippen molar-refractivity contribution in [1.29, 1.82) is 0 Å². The molecule has 4 heteroatoms. The summed E-state index contributed by atoms with van der Waals surface area (Å²) in [7, 11) is 0. The maximum absolute atomic E-state index is 13.5. The second-order valence-electron chi connectivity index (χ2n) is 3.81. The second kappa shape index (κ2) is 7.80. The fourth-order valence-corrected chi connectivity index (χ4v) is 2.14. The molecule has 0 aliphatic heterocycles. The highest BCUT2D eigenvalue weighted by Crippen LogP contribution is 2.26. The lowest BCUT2D eigenvalue weighted by molar-refractivity contribution is 0.122. The summed E-state index contributed by atoms with van der Waals surface area (Å²) in [6, 6.07) is 5.12. The molecule has 1 N–H and O–H groups in total. The molecule has 1 unspecified atom stereocenters. The summed E-state index contributed by atoms with van der Waals surface area (Å²) >= 11 is 3.29. The molecular formula is C13H19BrFNO. The molecule has 0 spiro atoms. The average Bonchev–Trinajstić information content (AvgIpc) is 2.34. The number of nitrogens with one attached hydrogen (secondary N) is 1. The lowest BCUT2D eigenvalue weighted by Gasteiger charge is -2.20. The third kappa shape index (κ3) is 4.37. The van der Waals surface area contributed by atoms with Crippen molar-refractivity contribution >= 4 is 15.9 Å². The highest BCUT2D eigenvalue weighted by molar-refractivity contribution is 9.10. The Hall–Kier alpha value is -0.450. The van der Waals surface area contributed by atoms with Crippen molar-refractivity contribution in [2.75, 3.05) is 19.8 Å². The summed E-state index contributed by atoms with van der Waals surface area (Å²) in [5.41, 5.74) is 0.909. The van der Waals surface area contributed by atoms with Gasteiger partial charge >= 0.3 is 0 Å². The first-order valence-electron chi connectivity index (χ1n) is 5.95. The number of benzene rings is 1. The highest BCUT2D eigenvalue weighted by atomic mass is 79.9. The number of ether oxygens (including phenoxy) is 1. The van der Waals surface area contributed by atoms with E-state index in [9.17, 15) is 4.39 Å². The number of hydrogen-bond donors (Lipinski definition) is 1. The van der Waals surface area contributed by atoms with Crippen molar-refractivity contribution in [3.8, 4) is 0 Å². The van der Waals surface area contributed by atoms with Crippen LogP contribution >= 0.6 is 15.9 Å². The van der Waals surface area contributed by atoms with E-state index in [1.54, 1.807) is 6.07 Å². The first-order valence-corrected chi connectivity index (χ1v) is 6.75. The van der Waals surface area contributed by atoms with Crippen LogP contribution in [0.4, 0.5) is 4.39 Å². The highest BCUT2D eigenvalue weighted by Gasteiger charge is 2.15. The Morgan fingerprint density at radius 2 is 2.18 bits per heavy atom. The third-order valence-electron chi connectivity index (χ3n) is 2.49. The van der Waals surface area contributed by atoms with Crippen molar-refractivity contribution in [1.82, 2.24) is 5.32 Å². The van der Waals surface area contributed by atoms with E-state index in [-0.39, 0.29) is 11.9 Å². The van der Waals surface area contributed by atoms with Gasteiger partial charge in [0.2, 0.25) is 0 Å². The summed E-state index contributed by atoms with van der Waals surface area (Å²) in [6.07, 6.45) is 1.04. The van der Waals surface area contributed by atoms with Crippen LogP contribution in [-0.4, -0.2) is 19.8 Å². The summed E-state index contributed by atoms with van der Waals surface area (Å²) in [4.78, 5) is 0. The minimum atomic E-state index is -0.234. The van der Waals surface area contributed by atoms with E-state index in [4.69, 9.17) is 4.74 Å². The Kier molecular flexibility index (Phi) is 6.70. The van der Waals surface area contributed by atoms with Gasteiger partial charge in [-0.1, -0.05) is 19.1 Å². The van der Waals surface area contributed by atoms with Gasteiger partial charge in [0.15, 0.2) is 0 Å². The van der Waals surface area contributed by atoms with Gasteiger partial charge in [0.05, 0.1) is 17.1 Å². The first kappa shape index (κ1) is 14.6. The molecule has 0 aromatic heterocycles. The van der Waals surface area contributed by atoms with Gasteiger partial charge in [0, 0.05) is 6.61 Å². The van der Waals surface area contributed by atoms with Gasteiger partial charge in [-0.2, -0.15) is 0 Å². The zero-order valence-corrected chi connectivity index (χ0v) is 11.9. The first-order chi connectivity index (χ1) is 8.20. The standard InChI is InChI=1S/C13H19BrFNO/c1-3-8-16-12(9-17-4-2)10-6-5-7-11(15)13(10)14/h5-7,12,16H,3-4,8-9H2,1-2H3. The van der Waals surface area contributed by atoms with Crippen molar-refractivity contribution < 1.29 is 9.13 Å². The largest absolute Gasteiger partial charge is 0.380 e. The zero-order chi connectivity index (χ0) is 12.7. The summed E-state index contributed by atoms with van der Waals surface area (Å²) in [6.45, 7) is 6.17. The summed E-state index contributed by atoms with van der Waals surface area (Å²) < 4.78 is 19.4. The van der Waals surface area contributed by atoms with E-state index >= 15 is 0 Å². The maximum Gasteiger partial charge on any atom is 0.137 e. The smallest absolute Gasteiger partial charge is 0.137 e. The van der Waals surface area contributed by atoms with Crippen LogP contribution < -0.4 is 5.32 Å². The molecule has 2 nitrogen and oxygen atoms in total. The predicted octanol–water partition coefficient (Wildman–Crippen LogP) is 3.67. The molecule has 96 valence electrons. The van der Waals surface area contributed by atoms with E-state index < -0.39 is 0 Å². The van der Waals surface area contributed by atoms with Crippen LogP contribution in [0.2, 0.25) is 0 Å². The summed E-state index contributed by atoms with van der Waals surface area (Å²) in [5, 5.41) is 3.37. The number of hydrogen-bond acceptors (Lipinski definition) is 2. The van der Waals surface area contributed by atoms with Gasteiger partial charge in [0.1, 0.15) is 5.82 Å².